The molecule has 0 amide bonds. The van der Waals surface area contributed by atoms with Gasteiger partial charge in [-0.05, 0) is 56.2 Å². The summed E-state index contributed by atoms with van der Waals surface area (Å²) in [6, 6.07) is 6.00. The van der Waals surface area contributed by atoms with Crippen molar-refractivity contribution in [2.45, 2.75) is 32.1 Å². The van der Waals surface area contributed by atoms with Crippen molar-refractivity contribution in [3.63, 3.8) is 0 Å². The number of Topliss-reactive ketones (excluding diaryl/α,β-unsaturated/α-hetero) is 1. The molecule has 1 aromatic carbocycles. The van der Waals surface area contributed by atoms with Crippen LogP contribution in [0.25, 0.3) is 0 Å². The number of benzene rings is 1. The van der Waals surface area contributed by atoms with E-state index in [1.54, 1.807) is 12.1 Å². The van der Waals surface area contributed by atoms with E-state index in [2.05, 4.69) is 11.9 Å². The molecule has 0 aliphatic heterocycles. The molecule has 2 bridgehead atoms. The highest BCUT2D eigenvalue weighted by Crippen LogP contribution is 2.48. The van der Waals surface area contributed by atoms with Gasteiger partial charge in [0, 0.05) is 25.1 Å². The van der Waals surface area contributed by atoms with Crippen LogP contribution in [0.15, 0.2) is 24.3 Å². The topological polar surface area (TPSA) is 20.3 Å². The van der Waals surface area contributed by atoms with Crippen LogP contribution in [0, 0.1) is 23.6 Å². The summed E-state index contributed by atoms with van der Waals surface area (Å²) in [5.74, 6) is 2.43. The summed E-state index contributed by atoms with van der Waals surface area (Å²) in [6.45, 7) is 1.88. The van der Waals surface area contributed by atoms with Gasteiger partial charge in [0.15, 0.2) is 5.78 Å². The molecule has 2 aliphatic rings. The zero-order valence-corrected chi connectivity index (χ0v) is 12.7. The first-order valence-corrected chi connectivity index (χ1v) is 8.09. The number of halogens is 1. The van der Waals surface area contributed by atoms with Gasteiger partial charge in [-0.25, -0.2) is 4.39 Å². The minimum atomic E-state index is -0.337. The SMILES string of the molecule is CN(CCC(=O)c1cccc(F)c1)CC1CC2CCC1C2. The van der Waals surface area contributed by atoms with Crippen LogP contribution in [0.3, 0.4) is 0 Å². The van der Waals surface area contributed by atoms with Gasteiger partial charge in [0.1, 0.15) is 5.82 Å². The zero-order valence-electron chi connectivity index (χ0n) is 12.7. The van der Waals surface area contributed by atoms with Crippen molar-refractivity contribution in [3.8, 4) is 0 Å². The zero-order chi connectivity index (χ0) is 14.8. The first-order valence-electron chi connectivity index (χ1n) is 8.09. The third-order valence-corrected chi connectivity index (χ3v) is 5.30. The molecule has 0 N–H and O–H groups in total. The predicted octanol–water partition coefficient (Wildman–Crippen LogP) is 3.77. The lowest BCUT2D eigenvalue weighted by Gasteiger charge is -2.27. The van der Waals surface area contributed by atoms with Crippen LogP contribution in [0.5, 0.6) is 0 Å². The van der Waals surface area contributed by atoms with E-state index in [4.69, 9.17) is 0 Å². The molecule has 21 heavy (non-hydrogen) atoms. The Hall–Kier alpha value is -1.22. The van der Waals surface area contributed by atoms with Gasteiger partial charge in [0.05, 0.1) is 0 Å². The van der Waals surface area contributed by atoms with Gasteiger partial charge in [-0.1, -0.05) is 18.6 Å². The lowest BCUT2D eigenvalue weighted by molar-refractivity contribution is 0.0962. The number of fused-ring (bicyclic) bond motifs is 2. The maximum absolute atomic E-state index is 13.1. The molecule has 1 aromatic rings. The highest BCUT2D eigenvalue weighted by molar-refractivity contribution is 5.96. The Kier molecular flexibility index (Phi) is 4.39. The second kappa shape index (κ2) is 6.27. The second-order valence-corrected chi connectivity index (χ2v) is 6.88. The number of ketones is 1. The van der Waals surface area contributed by atoms with Crippen LogP contribution in [-0.2, 0) is 0 Å². The van der Waals surface area contributed by atoms with Crippen molar-refractivity contribution in [1.29, 1.82) is 0 Å². The Morgan fingerprint density at radius 2 is 2.19 bits per heavy atom. The van der Waals surface area contributed by atoms with Crippen molar-refractivity contribution in [2.24, 2.45) is 17.8 Å². The van der Waals surface area contributed by atoms with Crippen molar-refractivity contribution in [1.82, 2.24) is 4.90 Å². The van der Waals surface area contributed by atoms with Gasteiger partial charge >= 0.3 is 0 Å². The quantitative estimate of drug-likeness (QED) is 0.743. The first kappa shape index (κ1) is 14.7. The highest BCUT2D eigenvalue weighted by Gasteiger charge is 2.39. The van der Waals surface area contributed by atoms with E-state index < -0.39 is 0 Å². The monoisotopic (exact) mass is 289 g/mol. The predicted molar refractivity (Wildman–Crippen MR) is 81.8 cm³/mol. The molecule has 0 spiro atoms. The number of carbonyl (C=O) groups excluding carboxylic acids is 1. The van der Waals surface area contributed by atoms with Crippen LogP contribution < -0.4 is 0 Å². The summed E-state index contributed by atoms with van der Waals surface area (Å²) in [5, 5.41) is 0. The molecule has 2 saturated carbocycles. The Morgan fingerprint density at radius 1 is 1.33 bits per heavy atom. The highest BCUT2D eigenvalue weighted by atomic mass is 19.1. The molecular formula is C18H24FNO. The fourth-order valence-corrected chi connectivity index (χ4v) is 4.19. The van der Waals surface area contributed by atoms with Crippen LogP contribution in [-0.4, -0.2) is 30.8 Å². The molecule has 3 atom stereocenters. The molecule has 0 heterocycles. The van der Waals surface area contributed by atoms with E-state index >= 15 is 0 Å². The van der Waals surface area contributed by atoms with Crippen LogP contribution in [0.4, 0.5) is 4.39 Å². The third-order valence-electron chi connectivity index (χ3n) is 5.30. The average molecular weight is 289 g/mol. The summed E-state index contributed by atoms with van der Waals surface area (Å²) >= 11 is 0. The number of carbonyl (C=O) groups is 1. The summed E-state index contributed by atoms with van der Waals surface area (Å²) in [4.78, 5) is 14.4. The minimum absolute atomic E-state index is 0.0364. The Balaban J connectivity index is 1.45. The number of hydrogen-bond donors (Lipinski definition) is 0. The first-order chi connectivity index (χ1) is 10.1. The lowest BCUT2D eigenvalue weighted by atomic mass is 9.88. The largest absolute Gasteiger partial charge is 0.306 e. The fourth-order valence-electron chi connectivity index (χ4n) is 4.19. The maximum Gasteiger partial charge on any atom is 0.164 e. The van der Waals surface area contributed by atoms with Crippen molar-refractivity contribution >= 4 is 5.78 Å². The fraction of sp³-hybridized carbons (Fsp3) is 0.611. The summed E-state index contributed by atoms with van der Waals surface area (Å²) < 4.78 is 13.1. The van der Waals surface area contributed by atoms with E-state index in [9.17, 15) is 9.18 Å². The molecule has 114 valence electrons. The molecule has 0 aromatic heterocycles. The molecule has 2 nitrogen and oxygen atoms in total. The summed E-state index contributed by atoms with van der Waals surface area (Å²) in [5.41, 5.74) is 0.489. The van der Waals surface area contributed by atoms with Crippen LogP contribution in [0.2, 0.25) is 0 Å². The van der Waals surface area contributed by atoms with Gasteiger partial charge < -0.3 is 4.90 Å². The Bertz CT molecular complexity index is 516. The Labute approximate surface area is 126 Å². The normalized spacial score (nSPS) is 27.5. The third kappa shape index (κ3) is 3.52. The van der Waals surface area contributed by atoms with Gasteiger partial charge in [-0.15, -0.1) is 0 Å². The molecule has 3 rings (SSSR count). The van der Waals surface area contributed by atoms with E-state index in [0.717, 1.165) is 30.8 Å². The van der Waals surface area contributed by atoms with E-state index in [-0.39, 0.29) is 11.6 Å². The van der Waals surface area contributed by atoms with E-state index in [0.29, 0.717) is 12.0 Å². The number of nitrogens with zero attached hydrogens (tertiary/aromatic N) is 1. The van der Waals surface area contributed by atoms with Crippen molar-refractivity contribution < 1.29 is 9.18 Å². The van der Waals surface area contributed by atoms with Crippen LogP contribution in [0.1, 0.15) is 42.5 Å². The van der Waals surface area contributed by atoms with Crippen molar-refractivity contribution in [2.75, 3.05) is 20.1 Å². The molecule has 3 unspecified atom stereocenters. The summed E-state index contributed by atoms with van der Waals surface area (Å²) in [7, 11) is 2.10. The second-order valence-electron chi connectivity index (χ2n) is 6.88. The molecule has 0 radical (unpaired) electrons. The van der Waals surface area contributed by atoms with Crippen LogP contribution >= 0.6 is 0 Å². The van der Waals surface area contributed by atoms with E-state index in [1.807, 2.05) is 0 Å². The molecule has 0 saturated heterocycles. The minimum Gasteiger partial charge on any atom is -0.306 e. The molecule has 2 aliphatic carbocycles. The lowest BCUT2D eigenvalue weighted by Crippen LogP contribution is -2.30. The van der Waals surface area contributed by atoms with Gasteiger partial charge in [0.25, 0.3) is 0 Å². The van der Waals surface area contributed by atoms with E-state index in [1.165, 1.54) is 37.8 Å². The van der Waals surface area contributed by atoms with Gasteiger partial charge in [0.2, 0.25) is 0 Å². The average Bonchev–Trinajstić information content (AvgIpc) is 3.07. The smallest absolute Gasteiger partial charge is 0.164 e. The standard InChI is InChI=1S/C18H24FNO/c1-20(12-16-10-13-5-6-14(16)9-13)8-7-18(21)15-3-2-4-17(19)11-15/h2-4,11,13-14,16H,5-10,12H2,1H3. The molecule has 3 heteroatoms. The molecular weight excluding hydrogens is 265 g/mol. The summed E-state index contributed by atoms with van der Waals surface area (Å²) in [6.07, 6.45) is 6.13. The number of rotatable bonds is 6. The molecule has 2 fully saturated rings. The number of hydrogen-bond acceptors (Lipinski definition) is 2. The van der Waals surface area contributed by atoms with Gasteiger partial charge in [-0.3, -0.25) is 4.79 Å². The van der Waals surface area contributed by atoms with Crippen molar-refractivity contribution in [3.05, 3.63) is 35.6 Å². The van der Waals surface area contributed by atoms with Gasteiger partial charge in [-0.2, -0.15) is 0 Å². The maximum atomic E-state index is 13.1. The Morgan fingerprint density at radius 3 is 2.86 bits per heavy atom.